The van der Waals surface area contributed by atoms with Crippen LogP contribution in [0.1, 0.15) is 20.8 Å². The molecule has 0 aliphatic heterocycles. The van der Waals surface area contributed by atoms with Gasteiger partial charge in [-0.05, 0) is 12.8 Å². The van der Waals surface area contributed by atoms with E-state index in [9.17, 15) is 20.1 Å². The van der Waals surface area contributed by atoms with E-state index in [-0.39, 0.29) is 12.2 Å². The van der Waals surface area contributed by atoms with Gasteiger partial charge < -0.3 is 25.2 Å². The second-order valence-corrected chi connectivity index (χ2v) is 3.94. The van der Waals surface area contributed by atoms with Gasteiger partial charge in [-0.1, -0.05) is 13.8 Å². The fourth-order valence-electron chi connectivity index (χ4n) is 0.955. The third kappa shape index (κ3) is 2.75. The van der Waals surface area contributed by atoms with Crippen LogP contribution >= 0.6 is 0 Å². The van der Waals surface area contributed by atoms with Gasteiger partial charge in [0.05, 0.1) is 5.60 Å². The molecule has 0 amide bonds. The quantitative estimate of drug-likeness (QED) is 0.418. The van der Waals surface area contributed by atoms with Crippen molar-refractivity contribution in [1.82, 2.24) is 0 Å². The molecule has 0 aliphatic carbocycles. The molecule has 0 saturated carbocycles. The predicted molar refractivity (Wildman–Crippen MR) is 49.5 cm³/mol. The largest absolute Gasteiger partial charge is 0.387 e. The predicted octanol–water partition coefficient (Wildman–Crippen LogP) is -1.33. The number of aliphatic hydroxyl groups is 4. The van der Waals surface area contributed by atoms with Crippen LogP contribution in [0.5, 0.6) is 0 Å². The molecule has 0 rings (SSSR count). The maximum atomic E-state index is 10.1. The maximum absolute atomic E-state index is 10.1. The Morgan fingerprint density at radius 1 is 1.21 bits per heavy atom. The zero-order chi connectivity index (χ0) is 11.5. The Morgan fingerprint density at radius 2 is 1.64 bits per heavy atom. The van der Waals surface area contributed by atoms with Crippen LogP contribution in [-0.2, 0) is 4.79 Å². The molecule has 0 saturated heterocycles. The molecule has 4 N–H and O–H groups in total. The highest BCUT2D eigenvalue weighted by molar-refractivity contribution is 5.56. The van der Waals surface area contributed by atoms with Gasteiger partial charge in [-0.15, -0.1) is 0 Å². The lowest BCUT2D eigenvalue weighted by molar-refractivity contribution is -0.163. The van der Waals surface area contributed by atoms with Gasteiger partial charge in [-0.2, -0.15) is 0 Å². The van der Waals surface area contributed by atoms with Crippen LogP contribution < -0.4 is 0 Å². The molecule has 0 aromatic carbocycles. The Kier molecular flexibility index (Phi) is 4.67. The van der Waals surface area contributed by atoms with Crippen molar-refractivity contribution in [1.29, 1.82) is 0 Å². The van der Waals surface area contributed by atoms with Crippen LogP contribution in [-0.4, -0.2) is 50.6 Å². The summed E-state index contributed by atoms with van der Waals surface area (Å²) >= 11 is 0. The lowest BCUT2D eigenvalue weighted by Gasteiger charge is -2.36. The van der Waals surface area contributed by atoms with E-state index in [1.807, 2.05) is 0 Å². The summed E-state index contributed by atoms with van der Waals surface area (Å²) in [5.74, 6) is -0.314. The van der Waals surface area contributed by atoms with Crippen molar-refractivity contribution in [2.45, 2.75) is 44.7 Å². The van der Waals surface area contributed by atoms with E-state index in [2.05, 4.69) is 0 Å². The van der Waals surface area contributed by atoms with Crippen molar-refractivity contribution in [3.05, 3.63) is 0 Å². The Bertz CT molecular complexity index is 190. The molecule has 0 spiro atoms. The highest BCUT2D eigenvalue weighted by Crippen LogP contribution is 2.23. The van der Waals surface area contributed by atoms with Crippen LogP contribution in [0.15, 0.2) is 0 Å². The zero-order valence-corrected chi connectivity index (χ0v) is 8.58. The Labute approximate surface area is 83.0 Å². The molecule has 0 radical (unpaired) electrons. The first-order chi connectivity index (χ1) is 6.25. The van der Waals surface area contributed by atoms with E-state index in [1.54, 1.807) is 13.8 Å². The summed E-state index contributed by atoms with van der Waals surface area (Å²) in [5.41, 5.74) is -1.55. The number of rotatable bonds is 5. The average Bonchev–Trinajstić information content (AvgIpc) is 2.13. The van der Waals surface area contributed by atoms with Gasteiger partial charge in [0.1, 0.15) is 18.3 Å². The van der Waals surface area contributed by atoms with Gasteiger partial charge in [-0.3, -0.25) is 0 Å². The third-order valence-electron chi connectivity index (χ3n) is 2.58. The number of hydrogen-bond acceptors (Lipinski definition) is 5. The fourth-order valence-corrected chi connectivity index (χ4v) is 0.955. The van der Waals surface area contributed by atoms with Crippen molar-refractivity contribution >= 4 is 6.29 Å². The van der Waals surface area contributed by atoms with E-state index >= 15 is 0 Å². The minimum absolute atomic E-state index is 0.115. The molecule has 0 bridgehead atoms. The molecule has 0 fully saturated rings. The number of carbonyl (C=O) groups excluding carboxylic acids is 1. The normalized spacial score (nSPS) is 22.6. The zero-order valence-electron chi connectivity index (χ0n) is 8.58. The fraction of sp³-hybridized carbons (Fsp3) is 0.889. The van der Waals surface area contributed by atoms with E-state index < -0.39 is 23.9 Å². The molecule has 14 heavy (non-hydrogen) atoms. The molecule has 84 valence electrons. The lowest BCUT2D eigenvalue weighted by Crippen LogP contribution is -2.54. The standard InChI is InChI=1S/C9H18O5/c1-5(2)9(3,14)8(13)7(12)6(11)4-10/h4-8,11-14H,1-3H3/t6-,7+,8+,9-/m1/s1. The summed E-state index contributed by atoms with van der Waals surface area (Å²) in [6.45, 7) is 4.65. The summed E-state index contributed by atoms with van der Waals surface area (Å²) in [6, 6.07) is 0. The highest BCUT2D eigenvalue weighted by Gasteiger charge is 2.40. The molecule has 5 nitrogen and oxygen atoms in total. The van der Waals surface area contributed by atoms with E-state index in [0.29, 0.717) is 0 Å². The van der Waals surface area contributed by atoms with Gasteiger partial charge in [0, 0.05) is 0 Å². The molecule has 0 aromatic heterocycles. The SMILES string of the molecule is CC(C)[C@@](C)(O)[C@@H](O)[C@@H](O)[C@H](O)C=O. The van der Waals surface area contributed by atoms with Gasteiger partial charge in [0.25, 0.3) is 0 Å². The van der Waals surface area contributed by atoms with Crippen molar-refractivity contribution in [3.8, 4) is 0 Å². The molecule has 0 aromatic rings. The first kappa shape index (κ1) is 13.5. The number of aliphatic hydroxyl groups excluding tert-OH is 3. The second-order valence-electron chi connectivity index (χ2n) is 3.94. The summed E-state index contributed by atoms with van der Waals surface area (Å²) in [6.07, 6.45) is -4.81. The molecule has 5 heteroatoms. The lowest BCUT2D eigenvalue weighted by atomic mass is 9.83. The van der Waals surface area contributed by atoms with Crippen molar-refractivity contribution in [3.63, 3.8) is 0 Å². The van der Waals surface area contributed by atoms with Crippen LogP contribution in [0.2, 0.25) is 0 Å². The van der Waals surface area contributed by atoms with Crippen molar-refractivity contribution in [2.75, 3.05) is 0 Å². The summed E-state index contributed by atoms with van der Waals surface area (Å²) in [4.78, 5) is 10.1. The molecular weight excluding hydrogens is 188 g/mol. The van der Waals surface area contributed by atoms with Crippen molar-refractivity contribution in [2.24, 2.45) is 5.92 Å². The third-order valence-corrected chi connectivity index (χ3v) is 2.58. The van der Waals surface area contributed by atoms with Crippen molar-refractivity contribution < 1.29 is 25.2 Å². The highest BCUT2D eigenvalue weighted by atomic mass is 16.4. The number of aldehydes is 1. The Morgan fingerprint density at radius 3 is 1.93 bits per heavy atom. The van der Waals surface area contributed by atoms with E-state index in [1.165, 1.54) is 6.92 Å². The van der Waals surface area contributed by atoms with E-state index in [0.717, 1.165) is 0 Å². The van der Waals surface area contributed by atoms with Gasteiger partial charge >= 0.3 is 0 Å². The first-order valence-corrected chi connectivity index (χ1v) is 4.47. The first-order valence-electron chi connectivity index (χ1n) is 4.47. The second kappa shape index (κ2) is 4.84. The molecule has 0 aliphatic rings. The smallest absolute Gasteiger partial charge is 0.151 e. The number of hydrogen-bond donors (Lipinski definition) is 4. The molecular formula is C9H18O5. The van der Waals surface area contributed by atoms with E-state index in [4.69, 9.17) is 5.11 Å². The van der Waals surface area contributed by atoms with Crippen LogP contribution in [0, 0.1) is 5.92 Å². The van der Waals surface area contributed by atoms with Gasteiger partial charge in [0.2, 0.25) is 0 Å². The minimum Gasteiger partial charge on any atom is -0.387 e. The van der Waals surface area contributed by atoms with Gasteiger partial charge in [0.15, 0.2) is 6.29 Å². The topological polar surface area (TPSA) is 98.0 Å². The average molecular weight is 206 g/mol. The van der Waals surface area contributed by atoms with Crippen LogP contribution in [0.4, 0.5) is 0 Å². The molecule has 0 unspecified atom stereocenters. The summed E-state index contributed by atoms with van der Waals surface area (Å²) < 4.78 is 0. The van der Waals surface area contributed by atoms with Gasteiger partial charge in [-0.25, -0.2) is 0 Å². The monoisotopic (exact) mass is 206 g/mol. The van der Waals surface area contributed by atoms with Crippen LogP contribution in [0.25, 0.3) is 0 Å². The summed E-state index contributed by atoms with van der Waals surface area (Å²) in [5, 5.41) is 37.5. The van der Waals surface area contributed by atoms with Crippen LogP contribution in [0.3, 0.4) is 0 Å². The minimum atomic E-state index is -1.68. The maximum Gasteiger partial charge on any atom is 0.151 e. The Balaban J connectivity index is 4.59. The Hall–Kier alpha value is -0.490. The molecule has 0 heterocycles. The number of carbonyl (C=O) groups is 1. The molecule has 4 atom stereocenters. The summed E-state index contributed by atoms with van der Waals surface area (Å²) in [7, 11) is 0.